The van der Waals surface area contributed by atoms with E-state index in [-0.39, 0.29) is 0 Å². The number of hydrogen-bond donors (Lipinski definition) is 0. The van der Waals surface area contributed by atoms with Crippen molar-refractivity contribution in [1.82, 2.24) is 9.97 Å². The molecule has 0 N–H and O–H groups in total. The molecule has 0 aromatic carbocycles. The van der Waals surface area contributed by atoms with E-state index in [0.717, 1.165) is 5.69 Å². The summed E-state index contributed by atoms with van der Waals surface area (Å²) in [5, 5.41) is 0. The van der Waals surface area contributed by atoms with Gasteiger partial charge in [0.1, 0.15) is 6.33 Å². The van der Waals surface area contributed by atoms with Crippen molar-refractivity contribution in [3.8, 4) is 10.6 Å². The Morgan fingerprint density at radius 3 is 2.75 bits per heavy atom. The zero-order chi connectivity index (χ0) is 8.39. The molecule has 0 aliphatic heterocycles. The summed E-state index contributed by atoms with van der Waals surface area (Å²) in [4.78, 5) is 10.5. The lowest BCUT2D eigenvalue weighted by Gasteiger charge is -1.92. The van der Waals surface area contributed by atoms with Crippen LogP contribution in [0.4, 0.5) is 0 Å². The Morgan fingerprint density at radius 2 is 2.17 bits per heavy atom. The van der Waals surface area contributed by atoms with Crippen LogP contribution in [0.2, 0.25) is 0 Å². The third-order valence-electron chi connectivity index (χ3n) is 1.57. The summed E-state index contributed by atoms with van der Waals surface area (Å²) in [5.74, 6) is 0. The molecule has 0 aliphatic carbocycles. The van der Waals surface area contributed by atoms with E-state index in [1.165, 1.54) is 9.75 Å². The molecule has 2 heterocycles. The molecule has 3 heteroatoms. The van der Waals surface area contributed by atoms with Gasteiger partial charge in [-0.25, -0.2) is 9.97 Å². The van der Waals surface area contributed by atoms with E-state index in [0.29, 0.717) is 0 Å². The lowest BCUT2D eigenvalue weighted by molar-refractivity contribution is 1.18. The second-order valence-electron chi connectivity index (χ2n) is 2.50. The SMILES string of the molecule is Cc1ccc(-c2ccncn2)s1. The van der Waals surface area contributed by atoms with Crippen molar-refractivity contribution in [1.29, 1.82) is 0 Å². The Balaban J connectivity index is 2.45. The van der Waals surface area contributed by atoms with Crippen LogP contribution in [-0.2, 0) is 0 Å². The molecule has 0 spiro atoms. The largest absolute Gasteiger partial charge is 0.245 e. The summed E-state index contributed by atoms with van der Waals surface area (Å²) in [6.07, 6.45) is 3.34. The molecule has 0 atom stereocenters. The lowest BCUT2D eigenvalue weighted by atomic mass is 10.3. The van der Waals surface area contributed by atoms with E-state index in [1.807, 2.05) is 6.07 Å². The Bertz CT molecular complexity index is 367. The number of aromatic nitrogens is 2. The first-order chi connectivity index (χ1) is 5.86. The van der Waals surface area contributed by atoms with Gasteiger partial charge in [-0.1, -0.05) is 0 Å². The third kappa shape index (κ3) is 1.36. The highest BCUT2D eigenvalue weighted by molar-refractivity contribution is 7.15. The molecule has 0 aliphatic rings. The minimum absolute atomic E-state index is 1.00. The van der Waals surface area contributed by atoms with E-state index in [1.54, 1.807) is 23.9 Å². The van der Waals surface area contributed by atoms with E-state index >= 15 is 0 Å². The summed E-state index contributed by atoms with van der Waals surface area (Å²) in [6.45, 7) is 2.09. The van der Waals surface area contributed by atoms with Crippen LogP contribution in [0.3, 0.4) is 0 Å². The van der Waals surface area contributed by atoms with Crippen LogP contribution < -0.4 is 0 Å². The first-order valence-corrected chi connectivity index (χ1v) is 4.51. The van der Waals surface area contributed by atoms with Crippen LogP contribution in [0.1, 0.15) is 4.88 Å². The van der Waals surface area contributed by atoms with Crippen LogP contribution >= 0.6 is 11.3 Å². The van der Waals surface area contributed by atoms with Gasteiger partial charge >= 0.3 is 0 Å². The van der Waals surface area contributed by atoms with E-state index in [2.05, 4.69) is 29.0 Å². The van der Waals surface area contributed by atoms with Crippen molar-refractivity contribution < 1.29 is 0 Å². The third-order valence-corrected chi connectivity index (χ3v) is 2.60. The Kier molecular flexibility index (Phi) is 1.87. The monoisotopic (exact) mass is 176 g/mol. The van der Waals surface area contributed by atoms with Crippen molar-refractivity contribution in [3.63, 3.8) is 0 Å². The van der Waals surface area contributed by atoms with E-state index < -0.39 is 0 Å². The first-order valence-electron chi connectivity index (χ1n) is 3.69. The van der Waals surface area contributed by atoms with Crippen LogP contribution in [0.15, 0.2) is 30.7 Å². The molecule has 0 saturated heterocycles. The topological polar surface area (TPSA) is 25.8 Å². The molecule has 2 nitrogen and oxygen atoms in total. The maximum atomic E-state index is 4.16. The molecular formula is C9H8N2S. The Hall–Kier alpha value is -1.22. The molecular weight excluding hydrogens is 168 g/mol. The summed E-state index contributed by atoms with van der Waals surface area (Å²) < 4.78 is 0. The highest BCUT2D eigenvalue weighted by atomic mass is 32.1. The van der Waals surface area contributed by atoms with Gasteiger partial charge in [-0.05, 0) is 25.1 Å². The van der Waals surface area contributed by atoms with E-state index in [4.69, 9.17) is 0 Å². The zero-order valence-electron chi connectivity index (χ0n) is 6.69. The van der Waals surface area contributed by atoms with Gasteiger partial charge in [0.2, 0.25) is 0 Å². The number of hydrogen-bond acceptors (Lipinski definition) is 3. The van der Waals surface area contributed by atoms with Crippen molar-refractivity contribution >= 4 is 11.3 Å². The second kappa shape index (κ2) is 3.03. The maximum absolute atomic E-state index is 4.16. The van der Waals surface area contributed by atoms with Crippen LogP contribution in [0, 0.1) is 6.92 Å². The van der Waals surface area contributed by atoms with Gasteiger partial charge in [-0.15, -0.1) is 11.3 Å². The van der Waals surface area contributed by atoms with Gasteiger partial charge < -0.3 is 0 Å². The van der Waals surface area contributed by atoms with Crippen molar-refractivity contribution in [2.75, 3.05) is 0 Å². The van der Waals surface area contributed by atoms with Gasteiger partial charge in [-0.2, -0.15) is 0 Å². The standard InChI is InChI=1S/C9H8N2S/c1-7-2-3-9(12-7)8-4-5-10-6-11-8/h2-6H,1H3. The lowest BCUT2D eigenvalue weighted by Crippen LogP contribution is -1.78. The quantitative estimate of drug-likeness (QED) is 0.667. The summed E-state index contributed by atoms with van der Waals surface area (Å²) in [6, 6.07) is 6.11. The fourth-order valence-corrected chi connectivity index (χ4v) is 1.85. The predicted molar refractivity (Wildman–Crippen MR) is 50.1 cm³/mol. The normalized spacial score (nSPS) is 10.1. The molecule has 2 aromatic heterocycles. The molecule has 0 saturated carbocycles. The van der Waals surface area contributed by atoms with Crippen molar-refractivity contribution in [2.45, 2.75) is 6.92 Å². The number of rotatable bonds is 1. The Morgan fingerprint density at radius 1 is 1.25 bits per heavy atom. The molecule has 0 unspecified atom stereocenters. The van der Waals surface area contributed by atoms with Crippen LogP contribution in [-0.4, -0.2) is 9.97 Å². The molecule has 2 aromatic rings. The molecule has 0 fully saturated rings. The minimum atomic E-state index is 1.00. The van der Waals surface area contributed by atoms with Crippen molar-refractivity contribution in [3.05, 3.63) is 35.6 Å². The molecule has 12 heavy (non-hydrogen) atoms. The van der Waals surface area contributed by atoms with Crippen LogP contribution in [0.25, 0.3) is 10.6 Å². The number of nitrogens with zero attached hydrogens (tertiary/aromatic N) is 2. The van der Waals surface area contributed by atoms with Gasteiger partial charge in [0.25, 0.3) is 0 Å². The average molecular weight is 176 g/mol. The molecule has 60 valence electrons. The molecule has 0 bridgehead atoms. The first kappa shape index (κ1) is 7.43. The van der Waals surface area contributed by atoms with Crippen LogP contribution in [0.5, 0.6) is 0 Å². The zero-order valence-corrected chi connectivity index (χ0v) is 7.51. The molecule has 2 rings (SSSR count). The summed E-state index contributed by atoms with van der Waals surface area (Å²) in [7, 11) is 0. The van der Waals surface area contributed by atoms with Gasteiger partial charge in [0.15, 0.2) is 0 Å². The summed E-state index contributed by atoms with van der Waals surface area (Å²) >= 11 is 1.75. The molecule has 0 radical (unpaired) electrons. The van der Waals surface area contributed by atoms with Gasteiger partial charge in [-0.3, -0.25) is 0 Å². The minimum Gasteiger partial charge on any atom is -0.245 e. The van der Waals surface area contributed by atoms with Gasteiger partial charge in [0, 0.05) is 11.1 Å². The fraction of sp³-hybridized carbons (Fsp3) is 0.111. The average Bonchev–Trinajstić information content (AvgIpc) is 2.54. The Labute approximate surface area is 74.9 Å². The predicted octanol–water partition coefficient (Wildman–Crippen LogP) is 2.51. The van der Waals surface area contributed by atoms with Crippen molar-refractivity contribution in [2.24, 2.45) is 0 Å². The smallest absolute Gasteiger partial charge is 0.116 e. The highest BCUT2D eigenvalue weighted by Crippen LogP contribution is 2.24. The number of aryl methyl sites for hydroxylation is 1. The van der Waals surface area contributed by atoms with Gasteiger partial charge in [0.05, 0.1) is 10.6 Å². The number of thiophene rings is 1. The highest BCUT2D eigenvalue weighted by Gasteiger charge is 1.99. The van der Waals surface area contributed by atoms with E-state index in [9.17, 15) is 0 Å². The second-order valence-corrected chi connectivity index (χ2v) is 3.79. The summed E-state index contributed by atoms with van der Waals surface area (Å²) in [5.41, 5.74) is 1.00. The molecule has 0 amide bonds. The fourth-order valence-electron chi connectivity index (χ4n) is 1.01. The maximum Gasteiger partial charge on any atom is 0.116 e.